The van der Waals surface area contributed by atoms with E-state index in [1.807, 2.05) is 51.1 Å². The van der Waals surface area contributed by atoms with Crippen LogP contribution in [0.15, 0.2) is 30.3 Å². The van der Waals surface area contributed by atoms with Crippen LogP contribution in [0.2, 0.25) is 0 Å². The number of alkyl halides is 3. The standard InChI is InChI=1S/C27H41F3NO5Si/c1-23(2,3)20(25(7,8)26(36-37,21(32)33)15-12-16-27(28,29)30)19(17-18-13-10-9-11-14-18)31-22(34)35-24(4,5)6/h9-11,13-14,19-20H,12,15-17H2,1-8H3,(H,31,34)(H,32,33). The molecule has 3 radical (unpaired) electrons. The van der Waals surface area contributed by atoms with E-state index >= 15 is 0 Å². The summed E-state index contributed by atoms with van der Waals surface area (Å²) in [5, 5.41) is 13.3. The molecule has 6 nitrogen and oxygen atoms in total. The maximum absolute atomic E-state index is 13.0. The molecule has 0 fully saturated rings. The summed E-state index contributed by atoms with van der Waals surface area (Å²) in [6, 6.07) is 8.72. The van der Waals surface area contributed by atoms with Gasteiger partial charge in [0, 0.05) is 17.9 Å². The van der Waals surface area contributed by atoms with Gasteiger partial charge in [-0.25, -0.2) is 9.59 Å². The molecule has 1 rings (SSSR count). The van der Waals surface area contributed by atoms with Gasteiger partial charge in [0.15, 0.2) is 5.60 Å². The van der Waals surface area contributed by atoms with Gasteiger partial charge in [0.25, 0.3) is 0 Å². The fourth-order valence-electron chi connectivity index (χ4n) is 5.49. The van der Waals surface area contributed by atoms with Crippen molar-refractivity contribution in [1.29, 1.82) is 0 Å². The highest BCUT2D eigenvalue weighted by Crippen LogP contribution is 2.52. The molecule has 0 heterocycles. The second-order valence-electron chi connectivity index (χ2n) is 12.2. The van der Waals surface area contributed by atoms with Crippen LogP contribution in [0, 0.1) is 16.7 Å². The smallest absolute Gasteiger partial charge is 0.407 e. The highest BCUT2D eigenvalue weighted by atomic mass is 28.2. The molecule has 0 saturated heterocycles. The van der Waals surface area contributed by atoms with E-state index in [2.05, 4.69) is 15.8 Å². The molecule has 2 N–H and O–H groups in total. The van der Waals surface area contributed by atoms with Crippen molar-refractivity contribution in [1.82, 2.24) is 5.32 Å². The van der Waals surface area contributed by atoms with Gasteiger partial charge in [-0.2, -0.15) is 13.2 Å². The first-order valence-electron chi connectivity index (χ1n) is 12.3. The van der Waals surface area contributed by atoms with Gasteiger partial charge in [-0.3, -0.25) is 0 Å². The Bertz CT molecular complexity index is 894. The lowest BCUT2D eigenvalue weighted by Gasteiger charge is -2.54. The van der Waals surface area contributed by atoms with Crippen molar-refractivity contribution in [3.8, 4) is 0 Å². The maximum Gasteiger partial charge on any atom is 0.407 e. The quantitative estimate of drug-likeness (QED) is 0.312. The zero-order valence-corrected chi connectivity index (χ0v) is 24.1. The summed E-state index contributed by atoms with van der Waals surface area (Å²) in [4.78, 5) is 25.7. The number of nitrogens with one attached hydrogen (secondary N) is 1. The van der Waals surface area contributed by atoms with Gasteiger partial charge in [0.1, 0.15) is 5.60 Å². The summed E-state index contributed by atoms with van der Waals surface area (Å²) in [6.45, 7) is 14.3. The summed E-state index contributed by atoms with van der Waals surface area (Å²) < 4.78 is 49.8. The van der Waals surface area contributed by atoms with Crippen LogP contribution in [0.25, 0.3) is 0 Å². The molecule has 0 bridgehead atoms. The Labute approximate surface area is 222 Å². The lowest BCUT2D eigenvalue weighted by atomic mass is 9.54. The number of amides is 1. The van der Waals surface area contributed by atoms with Crippen molar-refractivity contribution in [2.24, 2.45) is 16.7 Å². The molecule has 0 aromatic heterocycles. The SMILES string of the molecule is CC(C)(C)OC(=O)NC(Cc1ccccc1)C(C(C)(C)C)C(C)(C)C(CCCC(F)(F)F)(O[Si])C(=O)O. The van der Waals surface area contributed by atoms with Crippen LogP contribution < -0.4 is 5.32 Å². The van der Waals surface area contributed by atoms with E-state index in [4.69, 9.17) is 9.16 Å². The zero-order chi connectivity index (χ0) is 28.9. The van der Waals surface area contributed by atoms with Crippen LogP contribution in [0.1, 0.15) is 80.2 Å². The first kappa shape index (κ1) is 33.0. The van der Waals surface area contributed by atoms with Gasteiger partial charge in [-0.1, -0.05) is 65.0 Å². The van der Waals surface area contributed by atoms with Gasteiger partial charge in [-0.05, 0) is 56.9 Å². The molecule has 0 saturated carbocycles. The number of rotatable bonds is 11. The zero-order valence-electron chi connectivity index (χ0n) is 23.1. The number of benzene rings is 1. The first-order valence-corrected chi connectivity index (χ1v) is 12.8. The summed E-state index contributed by atoms with van der Waals surface area (Å²) in [6.07, 6.45) is -6.74. The van der Waals surface area contributed by atoms with E-state index in [9.17, 15) is 27.9 Å². The fourth-order valence-corrected chi connectivity index (χ4v) is 5.94. The minimum Gasteiger partial charge on any atom is -0.479 e. The molecule has 209 valence electrons. The number of carboxylic acid groups (broad SMARTS) is 1. The Morgan fingerprint density at radius 2 is 1.51 bits per heavy atom. The van der Waals surface area contributed by atoms with E-state index in [1.165, 1.54) is 0 Å². The van der Waals surface area contributed by atoms with Crippen LogP contribution >= 0.6 is 0 Å². The van der Waals surface area contributed by atoms with Gasteiger partial charge in [-0.15, -0.1) is 0 Å². The fraction of sp³-hybridized carbons (Fsp3) is 0.704. The third-order valence-corrected chi connectivity index (χ3v) is 7.01. The molecule has 1 aromatic rings. The number of alkyl carbamates (subject to hydrolysis) is 1. The monoisotopic (exact) mass is 544 g/mol. The largest absolute Gasteiger partial charge is 0.479 e. The number of carboxylic acids is 1. The molecule has 0 aliphatic carbocycles. The van der Waals surface area contributed by atoms with Crippen LogP contribution in [0.3, 0.4) is 0 Å². The summed E-state index contributed by atoms with van der Waals surface area (Å²) >= 11 is 0. The molecule has 1 aromatic carbocycles. The van der Waals surface area contributed by atoms with Crippen molar-refractivity contribution in [2.75, 3.05) is 0 Å². The van der Waals surface area contributed by atoms with Gasteiger partial charge in [0.2, 0.25) is 10.5 Å². The Hall–Kier alpha value is -2.07. The van der Waals surface area contributed by atoms with Crippen LogP contribution in [-0.4, -0.2) is 51.1 Å². The molecule has 0 aliphatic heterocycles. The minimum absolute atomic E-state index is 0.339. The van der Waals surface area contributed by atoms with E-state index in [0.29, 0.717) is 6.42 Å². The number of hydrogen-bond acceptors (Lipinski definition) is 4. The van der Waals surface area contributed by atoms with E-state index in [1.54, 1.807) is 34.6 Å². The van der Waals surface area contributed by atoms with Crippen molar-refractivity contribution < 1.29 is 37.0 Å². The number of aliphatic carboxylic acids is 1. The molecular formula is C27H41F3NO5Si. The summed E-state index contributed by atoms with van der Waals surface area (Å²) in [5.74, 6) is -1.98. The number of halogens is 3. The number of carbonyl (C=O) groups is 2. The Morgan fingerprint density at radius 1 is 0.973 bits per heavy atom. The van der Waals surface area contributed by atoms with E-state index in [-0.39, 0.29) is 0 Å². The number of carbonyl (C=O) groups excluding carboxylic acids is 1. The summed E-state index contributed by atoms with van der Waals surface area (Å²) in [7, 11) is 2.92. The Morgan fingerprint density at radius 3 is 1.92 bits per heavy atom. The summed E-state index contributed by atoms with van der Waals surface area (Å²) in [5.41, 5.74) is -3.80. The van der Waals surface area contributed by atoms with Crippen molar-refractivity contribution in [2.45, 2.75) is 104 Å². The lowest BCUT2D eigenvalue weighted by Crippen LogP contribution is -2.63. The predicted molar refractivity (Wildman–Crippen MR) is 137 cm³/mol. The third-order valence-electron chi connectivity index (χ3n) is 6.66. The average Bonchev–Trinajstić information content (AvgIpc) is 2.68. The molecule has 3 unspecified atom stereocenters. The lowest BCUT2D eigenvalue weighted by molar-refractivity contribution is -0.183. The molecular weight excluding hydrogens is 503 g/mol. The normalized spacial score (nSPS) is 16.4. The Kier molecular flexibility index (Phi) is 10.9. The Balaban J connectivity index is 3.65. The number of hydrogen-bond donors (Lipinski definition) is 2. The molecule has 3 atom stereocenters. The number of ether oxygens (including phenoxy) is 1. The molecule has 0 aliphatic rings. The molecule has 0 spiro atoms. The topological polar surface area (TPSA) is 84.9 Å². The van der Waals surface area contributed by atoms with Crippen LogP contribution in [0.5, 0.6) is 0 Å². The minimum atomic E-state index is -4.43. The average molecular weight is 545 g/mol. The molecule has 1 amide bonds. The highest BCUT2D eigenvalue weighted by molar-refractivity contribution is 6.00. The molecule has 37 heavy (non-hydrogen) atoms. The van der Waals surface area contributed by atoms with Gasteiger partial charge in [0.05, 0.1) is 0 Å². The van der Waals surface area contributed by atoms with Crippen molar-refractivity contribution in [3.05, 3.63) is 35.9 Å². The highest BCUT2D eigenvalue weighted by Gasteiger charge is 2.59. The van der Waals surface area contributed by atoms with E-state index in [0.717, 1.165) is 5.56 Å². The van der Waals surface area contributed by atoms with Crippen molar-refractivity contribution in [3.63, 3.8) is 0 Å². The van der Waals surface area contributed by atoms with Gasteiger partial charge < -0.3 is 19.6 Å². The molecule has 10 heteroatoms. The van der Waals surface area contributed by atoms with Gasteiger partial charge >= 0.3 is 18.2 Å². The second-order valence-corrected chi connectivity index (χ2v) is 12.4. The second kappa shape index (κ2) is 12.2. The van der Waals surface area contributed by atoms with E-state index < -0.39 is 71.5 Å². The van der Waals surface area contributed by atoms with Crippen LogP contribution in [-0.2, 0) is 20.4 Å². The van der Waals surface area contributed by atoms with Crippen molar-refractivity contribution >= 4 is 22.5 Å². The van der Waals surface area contributed by atoms with Crippen LogP contribution in [0.4, 0.5) is 18.0 Å². The first-order chi connectivity index (χ1) is 16.7. The predicted octanol–water partition coefficient (Wildman–Crippen LogP) is 6.47. The maximum atomic E-state index is 13.0. The third kappa shape index (κ3) is 9.32.